The molecule has 0 radical (unpaired) electrons. The Morgan fingerprint density at radius 2 is 2.12 bits per heavy atom. The van der Waals surface area contributed by atoms with Crippen molar-refractivity contribution in [3.8, 4) is 10.6 Å². The minimum absolute atomic E-state index is 0. The van der Waals surface area contributed by atoms with E-state index in [2.05, 4.69) is 4.98 Å². The van der Waals surface area contributed by atoms with E-state index in [1.54, 1.807) is 34.5 Å². The maximum Gasteiger partial charge on any atom is 0.370 e. The van der Waals surface area contributed by atoms with Crippen LogP contribution in [0.1, 0.15) is 0 Å². The Balaban J connectivity index is 0.00000128. The lowest BCUT2D eigenvalue weighted by Crippen LogP contribution is -3.00. The molecule has 0 atom stereocenters. The number of carboxylic acid groups (broad SMARTS) is 1. The fourth-order valence-electron chi connectivity index (χ4n) is 1.23. The number of pyridine rings is 1. The van der Waals surface area contributed by atoms with Crippen LogP contribution in [-0.2, 0) is 11.3 Å². The molecule has 84 valence electrons. The van der Waals surface area contributed by atoms with Crippen molar-refractivity contribution in [1.82, 2.24) is 4.98 Å². The summed E-state index contributed by atoms with van der Waals surface area (Å²) in [6.45, 7) is -0.0157. The Kier molecular flexibility index (Phi) is 4.39. The normalized spacial score (nSPS) is 9.50. The summed E-state index contributed by atoms with van der Waals surface area (Å²) in [4.78, 5) is 14.6. The average Bonchev–Trinajstić information content (AvgIpc) is 2.71. The Labute approximate surface area is 103 Å². The lowest BCUT2D eigenvalue weighted by molar-refractivity contribution is -0.685. The van der Waals surface area contributed by atoms with E-state index in [1.807, 2.05) is 17.5 Å². The van der Waals surface area contributed by atoms with Gasteiger partial charge in [-0.15, -0.1) is 11.3 Å². The van der Waals surface area contributed by atoms with Crippen molar-refractivity contribution in [1.29, 1.82) is 0 Å². The highest BCUT2D eigenvalue weighted by Gasteiger charge is 2.07. The fraction of sp³-hybridized carbons (Fsp3) is 0.100. The van der Waals surface area contributed by atoms with Gasteiger partial charge in [-0.1, -0.05) is 0 Å². The third kappa shape index (κ3) is 3.01. The van der Waals surface area contributed by atoms with Crippen LogP contribution in [0.15, 0.2) is 36.1 Å². The van der Waals surface area contributed by atoms with E-state index in [0.29, 0.717) is 0 Å². The van der Waals surface area contributed by atoms with Crippen molar-refractivity contribution in [2.75, 3.05) is 0 Å². The molecule has 0 aliphatic carbocycles. The minimum atomic E-state index is -0.845. The van der Waals surface area contributed by atoms with Crippen LogP contribution >= 0.6 is 11.3 Å². The van der Waals surface area contributed by atoms with Crippen LogP contribution in [-0.4, -0.2) is 16.1 Å². The number of hydrogen-bond acceptors (Lipinski definition) is 3. The van der Waals surface area contributed by atoms with Crippen LogP contribution in [0, 0.1) is 0 Å². The third-order valence-corrected chi connectivity index (χ3v) is 2.71. The first-order chi connectivity index (χ1) is 7.25. The smallest absolute Gasteiger partial charge is 0.370 e. The zero-order valence-corrected chi connectivity index (χ0v) is 9.78. The molecule has 0 fully saturated rings. The van der Waals surface area contributed by atoms with E-state index in [0.717, 1.165) is 10.6 Å². The van der Waals surface area contributed by atoms with Gasteiger partial charge in [-0.25, -0.2) is 9.78 Å². The molecule has 0 saturated heterocycles. The zero-order valence-electron chi connectivity index (χ0n) is 8.21. The lowest BCUT2D eigenvalue weighted by Gasteiger charge is -1.94. The van der Waals surface area contributed by atoms with Gasteiger partial charge in [0.15, 0.2) is 12.4 Å². The molecule has 0 amide bonds. The lowest BCUT2D eigenvalue weighted by atomic mass is 10.3. The standard InChI is InChI=1S/C10H8N2O2S.ClH/c13-9(14)7-12-4-1-8(2-5-12)10-11-3-6-15-10;/h1-6H,7H2;1H. The summed E-state index contributed by atoms with van der Waals surface area (Å²) in [6, 6.07) is 3.73. The van der Waals surface area contributed by atoms with E-state index in [1.165, 1.54) is 0 Å². The van der Waals surface area contributed by atoms with Crippen molar-refractivity contribution in [2.24, 2.45) is 0 Å². The molecule has 0 aromatic carbocycles. The summed E-state index contributed by atoms with van der Waals surface area (Å²) in [5.41, 5.74) is 1.01. The second kappa shape index (κ2) is 5.58. The number of rotatable bonds is 3. The summed E-state index contributed by atoms with van der Waals surface area (Å²) >= 11 is 1.56. The van der Waals surface area contributed by atoms with Crippen LogP contribution < -0.4 is 17.0 Å². The SMILES string of the molecule is O=C(O)C[n+]1ccc(-c2nccs2)cc1.[Cl-]. The topological polar surface area (TPSA) is 54.1 Å². The average molecular weight is 257 g/mol. The van der Waals surface area contributed by atoms with Crippen LogP contribution in [0.5, 0.6) is 0 Å². The fourth-order valence-corrected chi connectivity index (χ4v) is 1.87. The van der Waals surface area contributed by atoms with Crippen molar-refractivity contribution < 1.29 is 26.9 Å². The van der Waals surface area contributed by atoms with Crippen molar-refractivity contribution in [3.05, 3.63) is 36.1 Å². The van der Waals surface area contributed by atoms with Crippen molar-refractivity contribution in [2.45, 2.75) is 6.54 Å². The number of hydrogen-bond donors (Lipinski definition) is 1. The van der Waals surface area contributed by atoms with Gasteiger partial charge in [0, 0.05) is 29.3 Å². The maximum absolute atomic E-state index is 10.5. The molecular weight excluding hydrogens is 248 g/mol. The van der Waals surface area contributed by atoms with Gasteiger partial charge in [0.05, 0.1) is 0 Å². The van der Waals surface area contributed by atoms with Crippen LogP contribution in [0.3, 0.4) is 0 Å². The van der Waals surface area contributed by atoms with Gasteiger partial charge < -0.3 is 17.5 Å². The predicted octanol–water partition coefficient (Wildman–Crippen LogP) is -1.81. The van der Waals surface area contributed by atoms with Crippen molar-refractivity contribution >= 4 is 17.3 Å². The highest BCUT2D eigenvalue weighted by atomic mass is 35.5. The van der Waals surface area contributed by atoms with Crippen molar-refractivity contribution in [3.63, 3.8) is 0 Å². The second-order valence-corrected chi connectivity index (χ2v) is 3.88. The number of aromatic nitrogens is 2. The van der Waals surface area contributed by atoms with E-state index in [-0.39, 0.29) is 19.0 Å². The second-order valence-electron chi connectivity index (χ2n) is 2.99. The summed E-state index contributed by atoms with van der Waals surface area (Å²) in [5.74, 6) is -0.845. The number of halogens is 1. The molecule has 4 nitrogen and oxygen atoms in total. The predicted molar refractivity (Wildman–Crippen MR) is 55.4 cm³/mol. The minimum Gasteiger partial charge on any atom is -1.00 e. The Bertz CT molecular complexity index is 456. The highest BCUT2D eigenvalue weighted by molar-refractivity contribution is 7.13. The maximum atomic E-state index is 10.5. The van der Waals surface area contributed by atoms with E-state index in [9.17, 15) is 4.79 Å². The number of carbonyl (C=O) groups is 1. The molecule has 16 heavy (non-hydrogen) atoms. The molecule has 1 N–H and O–H groups in total. The molecule has 2 heterocycles. The number of aliphatic carboxylic acids is 1. The largest absolute Gasteiger partial charge is 1.00 e. The quantitative estimate of drug-likeness (QED) is 0.659. The summed E-state index contributed by atoms with van der Waals surface area (Å²) in [6.07, 6.45) is 5.23. The van der Waals surface area contributed by atoms with Gasteiger partial charge in [0.1, 0.15) is 5.01 Å². The summed E-state index contributed by atoms with van der Waals surface area (Å²) in [5, 5.41) is 11.4. The molecule has 2 aromatic rings. The number of thiazole rings is 1. The first-order valence-electron chi connectivity index (χ1n) is 4.36. The Morgan fingerprint density at radius 1 is 1.44 bits per heavy atom. The molecule has 0 aliphatic rings. The van der Waals surface area contributed by atoms with Crippen LogP contribution in [0.4, 0.5) is 0 Å². The summed E-state index contributed by atoms with van der Waals surface area (Å²) < 4.78 is 1.61. The van der Waals surface area contributed by atoms with Gasteiger partial charge in [-0.05, 0) is 0 Å². The monoisotopic (exact) mass is 256 g/mol. The molecule has 6 heteroatoms. The van der Waals surface area contributed by atoms with Gasteiger partial charge in [-0.3, -0.25) is 0 Å². The third-order valence-electron chi connectivity index (χ3n) is 1.89. The summed E-state index contributed by atoms with van der Waals surface area (Å²) in [7, 11) is 0. The molecule has 0 aliphatic heterocycles. The van der Waals surface area contributed by atoms with E-state index >= 15 is 0 Å². The molecule has 2 aromatic heterocycles. The van der Waals surface area contributed by atoms with Gasteiger partial charge in [0.25, 0.3) is 0 Å². The van der Waals surface area contributed by atoms with E-state index in [4.69, 9.17) is 5.11 Å². The van der Waals surface area contributed by atoms with Gasteiger partial charge in [-0.2, -0.15) is 4.57 Å². The molecule has 0 spiro atoms. The zero-order chi connectivity index (χ0) is 10.7. The Morgan fingerprint density at radius 3 is 2.62 bits per heavy atom. The molecule has 2 rings (SSSR count). The van der Waals surface area contributed by atoms with Gasteiger partial charge in [0.2, 0.25) is 6.54 Å². The molecule has 0 unspecified atom stereocenters. The molecule has 0 bridgehead atoms. The van der Waals surface area contributed by atoms with Crippen LogP contribution in [0.2, 0.25) is 0 Å². The van der Waals surface area contributed by atoms with Gasteiger partial charge >= 0.3 is 5.97 Å². The van der Waals surface area contributed by atoms with E-state index < -0.39 is 5.97 Å². The highest BCUT2D eigenvalue weighted by Crippen LogP contribution is 2.19. The molecular formula is C10H9ClN2O2S. The Hall–Kier alpha value is -1.46. The first kappa shape index (κ1) is 12.6. The number of nitrogens with zero attached hydrogens (tertiary/aromatic N) is 2. The molecule has 0 saturated carbocycles. The number of carboxylic acids is 1. The van der Waals surface area contributed by atoms with Crippen LogP contribution in [0.25, 0.3) is 10.6 Å². The first-order valence-corrected chi connectivity index (χ1v) is 5.24.